The Kier molecular flexibility index (Phi) is 4.53. The van der Waals surface area contributed by atoms with Gasteiger partial charge in [-0.25, -0.2) is 4.98 Å². The van der Waals surface area contributed by atoms with Gasteiger partial charge in [-0.2, -0.15) is 0 Å². The molecule has 0 aliphatic carbocycles. The van der Waals surface area contributed by atoms with Crippen LogP contribution in [0.5, 0.6) is 0 Å². The highest BCUT2D eigenvalue weighted by Crippen LogP contribution is 2.21. The highest BCUT2D eigenvalue weighted by Gasteiger charge is 2.26. The average Bonchev–Trinajstić information content (AvgIpc) is 3.03. The van der Waals surface area contributed by atoms with Crippen LogP contribution in [0.25, 0.3) is 0 Å². The second-order valence-electron chi connectivity index (χ2n) is 6.03. The Morgan fingerprint density at radius 2 is 2.15 bits per heavy atom. The van der Waals surface area contributed by atoms with E-state index in [-0.39, 0.29) is 0 Å². The number of nitrogens with zero attached hydrogens (tertiary/aromatic N) is 2. The Hall–Kier alpha value is -1.13. The average molecular weight is 275 g/mol. The molecule has 4 nitrogen and oxygen atoms in total. The Morgan fingerprint density at radius 3 is 2.80 bits per heavy atom. The summed E-state index contributed by atoms with van der Waals surface area (Å²) in [4.78, 5) is 6.83. The van der Waals surface area contributed by atoms with Crippen LogP contribution in [0.15, 0.2) is 24.4 Å². The van der Waals surface area contributed by atoms with Gasteiger partial charge < -0.3 is 15.0 Å². The third-order valence-electron chi connectivity index (χ3n) is 4.64. The first-order valence-electron chi connectivity index (χ1n) is 7.82. The Morgan fingerprint density at radius 1 is 1.30 bits per heavy atom. The summed E-state index contributed by atoms with van der Waals surface area (Å²) in [5.41, 5.74) is 0. The number of aromatic nitrogens is 1. The van der Waals surface area contributed by atoms with E-state index in [0.717, 1.165) is 32.1 Å². The fraction of sp³-hybridized carbons (Fsp3) is 0.688. The number of anilines is 1. The molecule has 20 heavy (non-hydrogen) atoms. The largest absolute Gasteiger partial charge is 0.381 e. The van der Waals surface area contributed by atoms with Crippen LogP contribution in [0.4, 0.5) is 5.82 Å². The van der Waals surface area contributed by atoms with E-state index in [1.54, 1.807) is 0 Å². The maximum Gasteiger partial charge on any atom is 0.128 e. The van der Waals surface area contributed by atoms with Crippen LogP contribution < -0.4 is 10.2 Å². The Balaban J connectivity index is 1.46. The molecule has 2 fully saturated rings. The number of hydrogen-bond donors (Lipinski definition) is 1. The number of ether oxygens (including phenoxy) is 1. The van der Waals surface area contributed by atoms with Crippen molar-refractivity contribution in [2.45, 2.75) is 38.3 Å². The Bertz CT molecular complexity index is 397. The zero-order valence-electron chi connectivity index (χ0n) is 12.3. The van der Waals surface area contributed by atoms with Gasteiger partial charge in [0, 0.05) is 38.0 Å². The SMILES string of the molecule is CC(NC1CCN(c2ccccn2)CC1)C1CCOC1. The molecule has 110 valence electrons. The molecule has 2 atom stereocenters. The van der Waals surface area contributed by atoms with E-state index in [1.807, 2.05) is 12.3 Å². The van der Waals surface area contributed by atoms with Crippen LogP contribution >= 0.6 is 0 Å². The van der Waals surface area contributed by atoms with Crippen molar-refractivity contribution in [2.75, 3.05) is 31.2 Å². The van der Waals surface area contributed by atoms with Crippen LogP contribution in [0.3, 0.4) is 0 Å². The monoisotopic (exact) mass is 275 g/mol. The van der Waals surface area contributed by atoms with Gasteiger partial charge in [0.2, 0.25) is 0 Å². The molecule has 0 radical (unpaired) electrons. The summed E-state index contributed by atoms with van der Waals surface area (Å²) in [6.45, 7) is 6.38. The van der Waals surface area contributed by atoms with Crippen molar-refractivity contribution in [3.63, 3.8) is 0 Å². The lowest BCUT2D eigenvalue weighted by atomic mass is 9.97. The number of rotatable bonds is 4. The summed E-state index contributed by atoms with van der Waals surface area (Å²) >= 11 is 0. The van der Waals surface area contributed by atoms with E-state index < -0.39 is 0 Å². The van der Waals surface area contributed by atoms with Crippen molar-refractivity contribution in [1.82, 2.24) is 10.3 Å². The van der Waals surface area contributed by atoms with Gasteiger partial charge in [-0.05, 0) is 44.2 Å². The maximum atomic E-state index is 5.49. The molecule has 0 bridgehead atoms. The molecule has 1 aromatic rings. The quantitative estimate of drug-likeness (QED) is 0.913. The van der Waals surface area contributed by atoms with E-state index in [2.05, 4.69) is 34.3 Å². The first kappa shape index (κ1) is 13.8. The minimum atomic E-state index is 0.573. The van der Waals surface area contributed by atoms with Crippen LogP contribution in [-0.4, -0.2) is 43.4 Å². The summed E-state index contributed by atoms with van der Waals surface area (Å²) in [5.74, 6) is 1.81. The Labute approximate surface area is 121 Å². The van der Waals surface area contributed by atoms with Gasteiger partial charge >= 0.3 is 0 Å². The van der Waals surface area contributed by atoms with Gasteiger partial charge in [0.05, 0.1) is 6.61 Å². The van der Waals surface area contributed by atoms with Gasteiger partial charge in [-0.15, -0.1) is 0 Å². The number of pyridine rings is 1. The molecular weight excluding hydrogens is 250 g/mol. The number of hydrogen-bond acceptors (Lipinski definition) is 4. The summed E-state index contributed by atoms with van der Waals surface area (Å²) in [7, 11) is 0. The first-order chi connectivity index (χ1) is 9.83. The fourth-order valence-electron chi connectivity index (χ4n) is 3.27. The van der Waals surface area contributed by atoms with E-state index >= 15 is 0 Å². The second-order valence-corrected chi connectivity index (χ2v) is 6.03. The van der Waals surface area contributed by atoms with Crippen LogP contribution in [0.1, 0.15) is 26.2 Å². The van der Waals surface area contributed by atoms with Crippen LogP contribution in [0, 0.1) is 5.92 Å². The molecule has 4 heteroatoms. The lowest BCUT2D eigenvalue weighted by molar-refractivity contribution is 0.175. The van der Waals surface area contributed by atoms with E-state index in [0.29, 0.717) is 18.0 Å². The van der Waals surface area contributed by atoms with Gasteiger partial charge in [0.15, 0.2) is 0 Å². The molecule has 2 aliphatic rings. The molecule has 1 N–H and O–H groups in total. The molecule has 0 amide bonds. The molecule has 0 spiro atoms. The fourth-order valence-corrected chi connectivity index (χ4v) is 3.27. The molecule has 2 saturated heterocycles. The van der Waals surface area contributed by atoms with E-state index in [9.17, 15) is 0 Å². The minimum absolute atomic E-state index is 0.573. The molecule has 3 heterocycles. The van der Waals surface area contributed by atoms with Crippen molar-refractivity contribution >= 4 is 5.82 Å². The summed E-state index contributed by atoms with van der Waals surface area (Å²) in [5, 5.41) is 3.81. The lowest BCUT2D eigenvalue weighted by Crippen LogP contribution is -2.47. The van der Waals surface area contributed by atoms with Crippen molar-refractivity contribution in [3.05, 3.63) is 24.4 Å². The van der Waals surface area contributed by atoms with Crippen LogP contribution in [0.2, 0.25) is 0 Å². The third kappa shape index (κ3) is 3.30. The van der Waals surface area contributed by atoms with E-state index in [4.69, 9.17) is 4.74 Å². The zero-order chi connectivity index (χ0) is 13.8. The molecule has 3 rings (SSSR count). The number of nitrogens with one attached hydrogen (secondary N) is 1. The second kappa shape index (κ2) is 6.55. The highest BCUT2D eigenvalue weighted by atomic mass is 16.5. The summed E-state index contributed by atoms with van der Waals surface area (Å²) in [6, 6.07) is 7.36. The first-order valence-corrected chi connectivity index (χ1v) is 7.82. The summed E-state index contributed by atoms with van der Waals surface area (Å²) < 4.78 is 5.49. The molecule has 0 aromatic carbocycles. The van der Waals surface area contributed by atoms with Gasteiger partial charge in [-0.1, -0.05) is 6.07 Å². The smallest absolute Gasteiger partial charge is 0.128 e. The standard InChI is InChI=1S/C16H25N3O/c1-13(14-7-11-20-12-14)18-15-5-9-19(10-6-15)16-4-2-3-8-17-16/h2-4,8,13-15,18H,5-7,9-12H2,1H3. The summed E-state index contributed by atoms with van der Waals surface area (Å²) in [6.07, 6.45) is 5.49. The molecule has 1 aromatic heterocycles. The zero-order valence-corrected chi connectivity index (χ0v) is 12.3. The van der Waals surface area contributed by atoms with Crippen molar-refractivity contribution in [2.24, 2.45) is 5.92 Å². The molecule has 2 aliphatic heterocycles. The molecule has 2 unspecified atom stereocenters. The van der Waals surface area contributed by atoms with E-state index in [1.165, 1.54) is 19.3 Å². The number of piperidine rings is 1. The lowest BCUT2D eigenvalue weighted by Gasteiger charge is -2.35. The predicted octanol–water partition coefficient (Wildman–Crippen LogP) is 2.06. The maximum absolute atomic E-state index is 5.49. The van der Waals surface area contributed by atoms with Crippen LogP contribution in [-0.2, 0) is 4.74 Å². The van der Waals surface area contributed by atoms with Gasteiger partial charge in [0.1, 0.15) is 5.82 Å². The van der Waals surface area contributed by atoms with Gasteiger partial charge in [0.25, 0.3) is 0 Å². The topological polar surface area (TPSA) is 37.4 Å². The normalized spacial score (nSPS) is 25.9. The molecular formula is C16H25N3O. The molecule has 0 saturated carbocycles. The predicted molar refractivity (Wildman–Crippen MR) is 81.0 cm³/mol. The highest BCUT2D eigenvalue weighted by molar-refractivity contribution is 5.38. The third-order valence-corrected chi connectivity index (χ3v) is 4.64. The van der Waals surface area contributed by atoms with Crippen molar-refractivity contribution in [1.29, 1.82) is 0 Å². The van der Waals surface area contributed by atoms with Crippen molar-refractivity contribution in [3.8, 4) is 0 Å². The van der Waals surface area contributed by atoms with Crippen molar-refractivity contribution < 1.29 is 4.74 Å². The minimum Gasteiger partial charge on any atom is -0.381 e. The van der Waals surface area contributed by atoms with Gasteiger partial charge in [-0.3, -0.25) is 0 Å².